The van der Waals surface area contributed by atoms with Crippen LogP contribution in [-0.4, -0.2) is 48.6 Å². The summed E-state index contributed by atoms with van der Waals surface area (Å²) >= 11 is 1.73. The van der Waals surface area contributed by atoms with Gasteiger partial charge in [0, 0.05) is 26.2 Å². The highest BCUT2D eigenvalue weighted by Gasteiger charge is 2.23. The first-order valence-corrected chi connectivity index (χ1v) is 10.1. The Labute approximate surface area is 163 Å². The van der Waals surface area contributed by atoms with E-state index in [1.54, 1.807) is 11.3 Å². The summed E-state index contributed by atoms with van der Waals surface area (Å²) in [5, 5.41) is 1.05. The first kappa shape index (κ1) is 17.8. The Morgan fingerprint density at radius 1 is 1.07 bits per heavy atom. The maximum Gasteiger partial charge on any atom is 0.226 e. The smallest absolute Gasteiger partial charge is 0.226 e. The van der Waals surface area contributed by atoms with E-state index in [4.69, 9.17) is 9.72 Å². The van der Waals surface area contributed by atoms with Crippen LogP contribution in [0, 0.1) is 6.92 Å². The van der Waals surface area contributed by atoms with Crippen molar-refractivity contribution in [3.8, 4) is 5.75 Å². The molecule has 0 bridgehead atoms. The van der Waals surface area contributed by atoms with Gasteiger partial charge < -0.3 is 14.5 Å². The van der Waals surface area contributed by atoms with Gasteiger partial charge in [0.2, 0.25) is 5.91 Å². The topological polar surface area (TPSA) is 45.7 Å². The van der Waals surface area contributed by atoms with E-state index in [9.17, 15) is 4.79 Å². The fraction of sp³-hybridized carbons (Fsp3) is 0.333. The third kappa shape index (κ3) is 4.06. The molecule has 1 aliphatic rings. The number of carbonyl (C=O) groups is 1. The number of amides is 1. The number of aryl methyl sites for hydroxylation is 1. The van der Waals surface area contributed by atoms with Crippen molar-refractivity contribution in [2.24, 2.45) is 0 Å². The number of thiazole rings is 1. The molecule has 27 heavy (non-hydrogen) atoms. The molecule has 2 aromatic carbocycles. The number of nitrogens with zero attached hydrogens (tertiary/aromatic N) is 3. The number of ether oxygens (including phenoxy) is 1. The van der Waals surface area contributed by atoms with Crippen LogP contribution in [0.5, 0.6) is 5.75 Å². The van der Waals surface area contributed by atoms with Gasteiger partial charge in [-0.25, -0.2) is 4.98 Å². The zero-order chi connectivity index (χ0) is 18.6. The standard InChI is InChI=1S/C21H23N3O2S/c1-16-6-5-9-18-20(16)22-21(27-18)24-13-11-23(12-14-24)19(25)10-15-26-17-7-3-2-4-8-17/h2-9H,10-15H2,1H3. The van der Waals surface area contributed by atoms with E-state index in [-0.39, 0.29) is 5.91 Å². The number of anilines is 1. The Bertz CT molecular complexity index is 918. The van der Waals surface area contributed by atoms with Crippen LogP contribution in [0.2, 0.25) is 0 Å². The van der Waals surface area contributed by atoms with E-state index in [1.807, 2.05) is 35.2 Å². The molecule has 0 aliphatic carbocycles. The number of fused-ring (bicyclic) bond motifs is 1. The van der Waals surface area contributed by atoms with Gasteiger partial charge in [0.25, 0.3) is 0 Å². The molecule has 140 valence electrons. The lowest BCUT2D eigenvalue weighted by Gasteiger charge is -2.34. The van der Waals surface area contributed by atoms with Gasteiger partial charge in [-0.05, 0) is 30.7 Å². The normalized spacial score (nSPS) is 14.6. The van der Waals surface area contributed by atoms with Crippen LogP contribution in [0.1, 0.15) is 12.0 Å². The SMILES string of the molecule is Cc1cccc2sc(N3CCN(C(=O)CCOc4ccccc4)CC3)nc12. The molecule has 3 aromatic rings. The van der Waals surface area contributed by atoms with Crippen molar-refractivity contribution in [3.05, 3.63) is 54.1 Å². The summed E-state index contributed by atoms with van der Waals surface area (Å²) in [6.07, 6.45) is 0.412. The van der Waals surface area contributed by atoms with E-state index in [2.05, 4.69) is 30.0 Å². The molecule has 6 heteroatoms. The average Bonchev–Trinajstić information content (AvgIpc) is 3.15. The second-order valence-corrected chi connectivity index (χ2v) is 7.71. The number of aromatic nitrogens is 1. The van der Waals surface area contributed by atoms with Crippen molar-refractivity contribution < 1.29 is 9.53 Å². The van der Waals surface area contributed by atoms with Crippen LogP contribution in [0.15, 0.2) is 48.5 Å². The Kier molecular flexibility index (Phi) is 5.25. The van der Waals surface area contributed by atoms with Crippen molar-refractivity contribution >= 4 is 32.6 Å². The highest BCUT2D eigenvalue weighted by molar-refractivity contribution is 7.22. The summed E-state index contributed by atoms with van der Waals surface area (Å²) in [7, 11) is 0. The van der Waals surface area contributed by atoms with Gasteiger partial charge in [-0.15, -0.1) is 0 Å². The molecule has 0 unspecified atom stereocenters. The summed E-state index contributed by atoms with van der Waals surface area (Å²) in [5.74, 6) is 0.965. The van der Waals surface area contributed by atoms with Crippen LogP contribution in [-0.2, 0) is 4.79 Å². The van der Waals surface area contributed by atoms with Crippen LogP contribution >= 0.6 is 11.3 Å². The number of rotatable bonds is 5. The minimum atomic E-state index is 0.158. The summed E-state index contributed by atoms with van der Waals surface area (Å²) in [6.45, 7) is 5.63. The fourth-order valence-corrected chi connectivity index (χ4v) is 4.38. The number of para-hydroxylation sites is 2. The molecule has 1 aromatic heterocycles. The number of carbonyl (C=O) groups excluding carboxylic acids is 1. The quantitative estimate of drug-likeness (QED) is 0.676. The van der Waals surface area contributed by atoms with Crippen LogP contribution in [0.25, 0.3) is 10.2 Å². The molecule has 0 saturated carbocycles. The second-order valence-electron chi connectivity index (χ2n) is 6.70. The summed E-state index contributed by atoms with van der Waals surface area (Å²) in [5.41, 5.74) is 2.30. The molecule has 1 fully saturated rings. The molecule has 0 atom stereocenters. The molecule has 1 saturated heterocycles. The van der Waals surface area contributed by atoms with E-state index in [0.29, 0.717) is 13.0 Å². The summed E-state index contributed by atoms with van der Waals surface area (Å²) in [6, 6.07) is 15.9. The molecule has 1 amide bonds. The van der Waals surface area contributed by atoms with Crippen molar-refractivity contribution in [2.75, 3.05) is 37.7 Å². The molecule has 1 aliphatic heterocycles. The number of hydrogen-bond acceptors (Lipinski definition) is 5. The third-order valence-electron chi connectivity index (χ3n) is 4.84. The predicted molar refractivity (Wildman–Crippen MR) is 110 cm³/mol. The van der Waals surface area contributed by atoms with Crippen LogP contribution in [0.4, 0.5) is 5.13 Å². The first-order valence-electron chi connectivity index (χ1n) is 9.27. The zero-order valence-electron chi connectivity index (χ0n) is 15.4. The molecule has 4 rings (SSSR count). The Morgan fingerprint density at radius 2 is 1.85 bits per heavy atom. The van der Waals surface area contributed by atoms with Crippen molar-refractivity contribution in [3.63, 3.8) is 0 Å². The van der Waals surface area contributed by atoms with Gasteiger partial charge >= 0.3 is 0 Å². The molecule has 0 N–H and O–H groups in total. The second kappa shape index (κ2) is 7.96. The van der Waals surface area contributed by atoms with Crippen molar-refractivity contribution in [1.29, 1.82) is 0 Å². The summed E-state index contributed by atoms with van der Waals surface area (Å²) < 4.78 is 6.86. The van der Waals surface area contributed by atoms with Crippen molar-refractivity contribution in [1.82, 2.24) is 9.88 Å². The molecular weight excluding hydrogens is 358 g/mol. The lowest BCUT2D eigenvalue weighted by molar-refractivity contribution is -0.132. The van der Waals surface area contributed by atoms with Gasteiger partial charge in [0.15, 0.2) is 5.13 Å². The monoisotopic (exact) mass is 381 g/mol. The zero-order valence-corrected chi connectivity index (χ0v) is 16.2. The van der Waals surface area contributed by atoms with E-state index < -0.39 is 0 Å². The van der Waals surface area contributed by atoms with Gasteiger partial charge in [0.1, 0.15) is 5.75 Å². The molecule has 0 spiro atoms. The fourth-order valence-electron chi connectivity index (χ4n) is 3.29. The first-order chi connectivity index (χ1) is 13.2. The minimum Gasteiger partial charge on any atom is -0.493 e. The number of benzene rings is 2. The predicted octanol–water partition coefficient (Wildman–Crippen LogP) is 3.72. The van der Waals surface area contributed by atoms with Crippen LogP contribution < -0.4 is 9.64 Å². The highest BCUT2D eigenvalue weighted by Crippen LogP contribution is 2.31. The molecule has 5 nitrogen and oxygen atoms in total. The maximum atomic E-state index is 12.4. The Morgan fingerprint density at radius 3 is 2.59 bits per heavy atom. The van der Waals surface area contributed by atoms with Crippen molar-refractivity contribution in [2.45, 2.75) is 13.3 Å². The molecule has 2 heterocycles. The minimum absolute atomic E-state index is 0.158. The largest absolute Gasteiger partial charge is 0.493 e. The Hall–Kier alpha value is -2.60. The average molecular weight is 382 g/mol. The Balaban J connectivity index is 1.29. The van der Waals surface area contributed by atoms with E-state index in [0.717, 1.165) is 42.6 Å². The summed E-state index contributed by atoms with van der Waals surface area (Å²) in [4.78, 5) is 21.5. The maximum absolute atomic E-state index is 12.4. The van der Waals surface area contributed by atoms with E-state index >= 15 is 0 Å². The highest BCUT2D eigenvalue weighted by atomic mass is 32.1. The van der Waals surface area contributed by atoms with Gasteiger partial charge in [-0.1, -0.05) is 41.7 Å². The van der Waals surface area contributed by atoms with Gasteiger partial charge in [-0.2, -0.15) is 0 Å². The van der Waals surface area contributed by atoms with E-state index in [1.165, 1.54) is 10.3 Å². The van der Waals surface area contributed by atoms with Crippen LogP contribution in [0.3, 0.4) is 0 Å². The third-order valence-corrected chi connectivity index (χ3v) is 5.92. The number of piperazine rings is 1. The number of hydrogen-bond donors (Lipinski definition) is 0. The molecule has 0 radical (unpaired) electrons. The van der Waals surface area contributed by atoms with Gasteiger partial charge in [0.05, 0.1) is 23.2 Å². The lowest BCUT2D eigenvalue weighted by atomic mass is 10.2. The van der Waals surface area contributed by atoms with Gasteiger partial charge in [-0.3, -0.25) is 4.79 Å². The lowest BCUT2D eigenvalue weighted by Crippen LogP contribution is -2.49. The molecular formula is C21H23N3O2S.